The highest BCUT2D eigenvalue weighted by Gasteiger charge is 2.44. The van der Waals surface area contributed by atoms with E-state index in [-0.39, 0.29) is 24.4 Å². The molecule has 4 aromatic carbocycles. The number of urea groups is 1. The van der Waals surface area contributed by atoms with Crippen LogP contribution in [0.25, 0.3) is 0 Å². The highest BCUT2D eigenvalue weighted by molar-refractivity contribution is 8.01. The molecule has 7 nitrogen and oxygen atoms in total. The molecule has 216 valence electrons. The van der Waals surface area contributed by atoms with Crippen molar-refractivity contribution in [1.29, 1.82) is 0 Å². The number of nitrogens with one attached hydrogen (secondary N) is 1. The van der Waals surface area contributed by atoms with Crippen LogP contribution in [0.3, 0.4) is 0 Å². The van der Waals surface area contributed by atoms with Gasteiger partial charge in [0.1, 0.15) is 12.4 Å². The van der Waals surface area contributed by atoms with Gasteiger partial charge in [0.2, 0.25) is 0 Å². The number of hydrogen-bond acceptors (Lipinski definition) is 5. The second kappa shape index (κ2) is 13.5. The number of carbonyl (C=O) groups is 2. The largest absolute Gasteiger partial charge is 0.497 e. The zero-order chi connectivity index (χ0) is 29.4. The van der Waals surface area contributed by atoms with Gasteiger partial charge in [-0.25, -0.2) is 9.59 Å². The first-order valence-corrected chi connectivity index (χ1v) is 14.8. The number of ether oxygens (including phenoxy) is 2. The van der Waals surface area contributed by atoms with Gasteiger partial charge in [-0.3, -0.25) is 0 Å². The van der Waals surface area contributed by atoms with Crippen LogP contribution in [0.5, 0.6) is 5.75 Å². The van der Waals surface area contributed by atoms with Crippen molar-refractivity contribution in [2.45, 2.75) is 29.1 Å². The number of nitrogens with zero attached hydrogens (tertiary/aromatic N) is 1. The van der Waals surface area contributed by atoms with E-state index in [1.807, 2.05) is 54.2 Å². The number of methoxy groups -OCH3 is 1. The number of rotatable bonds is 10. The summed E-state index contributed by atoms with van der Waals surface area (Å²) in [6, 6.07) is 37.9. The third-order valence-electron chi connectivity index (χ3n) is 7.53. The van der Waals surface area contributed by atoms with E-state index in [9.17, 15) is 9.59 Å². The number of benzene rings is 4. The fraction of sp³-hybridized carbons (Fsp3) is 0.235. The van der Waals surface area contributed by atoms with Crippen LogP contribution >= 0.6 is 11.8 Å². The Morgan fingerprint density at radius 1 is 0.857 bits per heavy atom. The number of amides is 3. The number of primary amides is 1. The molecule has 0 radical (unpaired) electrons. The third kappa shape index (κ3) is 6.55. The first kappa shape index (κ1) is 29.1. The maximum absolute atomic E-state index is 13.4. The number of nitrogens with two attached hydrogens (primary N) is 1. The molecule has 3 amide bonds. The van der Waals surface area contributed by atoms with Gasteiger partial charge < -0.3 is 25.4 Å². The molecule has 8 heteroatoms. The monoisotopic (exact) mass is 581 g/mol. The van der Waals surface area contributed by atoms with Crippen molar-refractivity contribution >= 4 is 23.9 Å². The van der Waals surface area contributed by atoms with E-state index < -0.39 is 16.9 Å². The Hall–Kier alpha value is -4.43. The van der Waals surface area contributed by atoms with Crippen LogP contribution in [0, 0.1) is 0 Å². The van der Waals surface area contributed by atoms with Crippen LogP contribution in [0.4, 0.5) is 9.59 Å². The van der Waals surface area contributed by atoms with Crippen LogP contribution in [0.2, 0.25) is 0 Å². The Labute approximate surface area is 251 Å². The molecule has 0 saturated carbocycles. The number of hydrogen-bond donors (Lipinski definition) is 2. The molecule has 0 aliphatic carbocycles. The average molecular weight is 582 g/mol. The van der Waals surface area contributed by atoms with E-state index in [1.54, 1.807) is 12.0 Å². The second-order valence-corrected chi connectivity index (χ2v) is 11.7. The van der Waals surface area contributed by atoms with Crippen molar-refractivity contribution < 1.29 is 19.1 Å². The van der Waals surface area contributed by atoms with Gasteiger partial charge in [0, 0.05) is 18.3 Å². The van der Waals surface area contributed by atoms with Crippen LogP contribution in [-0.4, -0.2) is 48.5 Å². The van der Waals surface area contributed by atoms with Crippen LogP contribution in [0.1, 0.15) is 28.7 Å². The molecule has 1 heterocycles. The van der Waals surface area contributed by atoms with Crippen LogP contribution < -0.4 is 15.8 Å². The topological polar surface area (TPSA) is 93.9 Å². The molecule has 4 aromatic rings. The maximum Gasteiger partial charge on any atom is 0.410 e. The van der Waals surface area contributed by atoms with Gasteiger partial charge in [-0.2, -0.15) is 0 Å². The summed E-state index contributed by atoms with van der Waals surface area (Å²) in [5.74, 6) is 0.737. The molecule has 0 spiro atoms. The van der Waals surface area contributed by atoms with Crippen molar-refractivity contribution in [2.24, 2.45) is 5.73 Å². The van der Waals surface area contributed by atoms with Crippen molar-refractivity contribution in [1.82, 2.24) is 10.2 Å². The third-order valence-corrected chi connectivity index (χ3v) is 9.26. The highest BCUT2D eigenvalue weighted by atomic mass is 32.2. The summed E-state index contributed by atoms with van der Waals surface area (Å²) in [5, 5.41) is 2.74. The van der Waals surface area contributed by atoms with Crippen molar-refractivity contribution in [2.75, 3.05) is 20.2 Å². The molecule has 0 aromatic heterocycles. The van der Waals surface area contributed by atoms with Crippen molar-refractivity contribution in [3.8, 4) is 5.75 Å². The van der Waals surface area contributed by atoms with Gasteiger partial charge in [-0.1, -0.05) is 103 Å². The predicted molar refractivity (Wildman–Crippen MR) is 166 cm³/mol. The van der Waals surface area contributed by atoms with Crippen LogP contribution in [0.15, 0.2) is 115 Å². The molecule has 3 N–H and O–H groups in total. The second-order valence-electron chi connectivity index (χ2n) is 10.2. The van der Waals surface area contributed by atoms with E-state index in [1.165, 1.54) is 0 Å². The Morgan fingerprint density at radius 3 is 1.86 bits per heavy atom. The maximum atomic E-state index is 13.4. The number of thioether (sulfide) groups is 1. The Kier molecular flexibility index (Phi) is 9.34. The quantitative estimate of drug-likeness (QED) is 0.219. The average Bonchev–Trinajstić information content (AvgIpc) is 3.45. The molecule has 1 aliphatic heterocycles. The Morgan fingerprint density at radius 2 is 1.38 bits per heavy atom. The first-order chi connectivity index (χ1) is 20.5. The number of likely N-dealkylation sites (tertiary alicyclic amines) is 1. The minimum Gasteiger partial charge on any atom is -0.497 e. The van der Waals surface area contributed by atoms with E-state index in [0.29, 0.717) is 13.0 Å². The molecule has 1 fully saturated rings. The van der Waals surface area contributed by atoms with Crippen LogP contribution in [-0.2, 0) is 16.1 Å². The molecule has 42 heavy (non-hydrogen) atoms. The predicted octanol–water partition coefficient (Wildman–Crippen LogP) is 6.17. The lowest BCUT2D eigenvalue weighted by atomic mass is 9.84. The molecule has 1 aliphatic rings. The Bertz CT molecular complexity index is 1360. The lowest BCUT2D eigenvalue weighted by molar-refractivity contribution is 0.0922. The smallest absolute Gasteiger partial charge is 0.410 e. The lowest BCUT2D eigenvalue weighted by Crippen LogP contribution is -2.44. The van der Waals surface area contributed by atoms with Gasteiger partial charge in [-0.05, 0) is 40.8 Å². The number of carbonyl (C=O) groups excluding carboxylic acids is 2. The van der Waals surface area contributed by atoms with Gasteiger partial charge in [0.15, 0.2) is 0 Å². The van der Waals surface area contributed by atoms with Gasteiger partial charge in [0.25, 0.3) is 0 Å². The molecule has 0 unspecified atom stereocenters. The summed E-state index contributed by atoms with van der Waals surface area (Å²) < 4.78 is 10.4. The summed E-state index contributed by atoms with van der Waals surface area (Å²) in [6.07, 6.45) is 0.242. The Balaban J connectivity index is 1.44. The summed E-state index contributed by atoms with van der Waals surface area (Å²) >= 11 is 1.83. The fourth-order valence-corrected chi connectivity index (χ4v) is 7.39. The normalized spacial score (nSPS) is 16.5. The zero-order valence-corrected chi connectivity index (χ0v) is 24.3. The highest BCUT2D eigenvalue weighted by Crippen LogP contribution is 2.52. The molecule has 1 saturated heterocycles. The van der Waals surface area contributed by atoms with E-state index in [4.69, 9.17) is 15.2 Å². The summed E-state index contributed by atoms with van der Waals surface area (Å²) in [4.78, 5) is 26.8. The van der Waals surface area contributed by atoms with E-state index in [0.717, 1.165) is 28.0 Å². The van der Waals surface area contributed by atoms with Crippen molar-refractivity contribution in [3.63, 3.8) is 0 Å². The zero-order valence-electron chi connectivity index (χ0n) is 23.5. The summed E-state index contributed by atoms with van der Waals surface area (Å²) in [7, 11) is 1.61. The first-order valence-electron chi connectivity index (χ1n) is 13.9. The van der Waals surface area contributed by atoms with Gasteiger partial charge >= 0.3 is 12.1 Å². The van der Waals surface area contributed by atoms with Gasteiger partial charge in [0.05, 0.1) is 17.9 Å². The minimum atomic E-state index is -0.621. The minimum absolute atomic E-state index is 0.0406. The summed E-state index contributed by atoms with van der Waals surface area (Å²) in [6.45, 7) is 0.847. The molecule has 2 atom stereocenters. The summed E-state index contributed by atoms with van der Waals surface area (Å²) in [5.41, 5.74) is 9.73. The molecule has 5 rings (SSSR count). The molecular weight excluding hydrogens is 546 g/mol. The fourth-order valence-electron chi connectivity index (χ4n) is 5.52. The van der Waals surface area contributed by atoms with E-state index >= 15 is 0 Å². The van der Waals surface area contributed by atoms with E-state index in [2.05, 4.69) is 78.1 Å². The molecular formula is C34H35N3O4S. The van der Waals surface area contributed by atoms with Crippen molar-refractivity contribution in [3.05, 3.63) is 138 Å². The SMILES string of the molecule is COc1ccc(COC(=O)N2C[C@@H](SC(c3ccccc3)(c3ccccc3)c3ccccc3)C[C@H]2CNC(N)=O)cc1. The standard InChI is InChI=1S/C34H35N3O4S/c1-40-30-19-17-25(18-20-30)24-41-33(39)37-23-31(21-29(37)22-36-32(35)38)42-34(26-11-5-2-6-12-26,27-13-7-3-8-14-27)28-15-9-4-10-16-28/h2-20,29,31H,21-24H2,1H3,(H3,35,36,38)/t29-,31-/m0/s1. The lowest BCUT2D eigenvalue weighted by Gasteiger charge is -2.37. The van der Waals surface area contributed by atoms with Gasteiger partial charge in [-0.15, -0.1) is 11.8 Å². The molecule has 0 bridgehead atoms.